The molecule has 0 spiro atoms. The summed E-state index contributed by atoms with van der Waals surface area (Å²) in [5.41, 5.74) is 0. The Morgan fingerprint density at radius 1 is 0.962 bits per heavy atom. The molecule has 154 valence electrons. The van der Waals surface area contributed by atoms with Crippen molar-refractivity contribution in [1.29, 1.82) is 0 Å². The maximum absolute atomic E-state index is 14.6. The summed E-state index contributed by atoms with van der Waals surface area (Å²) in [5, 5.41) is 0. The van der Waals surface area contributed by atoms with Gasteiger partial charge in [0, 0.05) is 12.3 Å². The van der Waals surface area contributed by atoms with Crippen LogP contribution in [0.3, 0.4) is 0 Å². The zero-order chi connectivity index (χ0) is 20.8. The first kappa shape index (κ1) is 23.1. The van der Waals surface area contributed by atoms with Gasteiger partial charge in [0.25, 0.3) is 11.7 Å². The lowest BCUT2D eigenvalue weighted by atomic mass is 9.99. The van der Waals surface area contributed by atoms with Gasteiger partial charge in [-0.2, -0.15) is 30.7 Å². The lowest BCUT2D eigenvalue weighted by Crippen LogP contribution is -2.58. The molecule has 0 aliphatic heterocycles. The van der Waals surface area contributed by atoms with Crippen molar-refractivity contribution in [2.45, 2.75) is 48.9 Å². The minimum Gasteiger partial charge on any atom is -0.335 e. The van der Waals surface area contributed by atoms with Crippen molar-refractivity contribution in [3.05, 3.63) is 13.3 Å². The van der Waals surface area contributed by atoms with Crippen molar-refractivity contribution in [3.63, 3.8) is 0 Å². The summed E-state index contributed by atoms with van der Waals surface area (Å²) in [6, 6.07) is 0. The minimum absolute atomic E-state index is 0.101. The van der Waals surface area contributed by atoms with Crippen molar-refractivity contribution in [2.24, 2.45) is 5.92 Å². The third-order valence-corrected chi connectivity index (χ3v) is 3.55. The van der Waals surface area contributed by atoms with Crippen LogP contribution in [0.2, 0.25) is 0 Å². The zero-order valence-electron chi connectivity index (χ0n) is 12.3. The lowest BCUT2D eigenvalue weighted by molar-refractivity contribution is -0.438. The smallest absolute Gasteiger partial charge is 0.335 e. The summed E-state index contributed by atoms with van der Waals surface area (Å²) in [4.78, 5) is 0. The standard InChI is InChI=1S/C12H10F12O2/c1-2-6-3-4-8(15,26-12(22,23)24)9(6,16)25-5-7(13,14)10(17,18)11(19,20)21/h4,6H,1-3,5H2. The van der Waals surface area contributed by atoms with Crippen LogP contribution >= 0.6 is 0 Å². The van der Waals surface area contributed by atoms with Gasteiger partial charge in [-0.05, 0) is 12.8 Å². The molecular formula is C12H10F12O2. The van der Waals surface area contributed by atoms with E-state index in [2.05, 4.69) is 16.4 Å². The summed E-state index contributed by atoms with van der Waals surface area (Å²) in [6.07, 6.45) is -14.4. The Labute approximate surface area is 138 Å². The van der Waals surface area contributed by atoms with Crippen LogP contribution < -0.4 is 0 Å². The molecule has 0 heterocycles. The highest BCUT2D eigenvalue weighted by atomic mass is 19.4. The van der Waals surface area contributed by atoms with Crippen molar-refractivity contribution < 1.29 is 62.2 Å². The first-order valence-electron chi connectivity index (χ1n) is 6.57. The van der Waals surface area contributed by atoms with Crippen molar-refractivity contribution in [3.8, 4) is 0 Å². The predicted octanol–water partition coefficient (Wildman–Crippen LogP) is 5.15. The number of ether oxygens (including phenoxy) is 2. The summed E-state index contributed by atoms with van der Waals surface area (Å²) in [7, 11) is 0. The Bertz CT molecular complexity index is 501. The summed E-state index contributed by atoms with van der Waals surface area (Å²) < 4.78 is 160. The summed E-state index contributed by atoms with van der Waals surface area (Å²) in [5.74, 6) is -23.8. The fourth-order valence-corrected chi connectivity index (χ4v) is 2.16. The normalized spacial score (nSPS) is 31.5. The van der Waals surface area contributed by atoms with Gasteiger partial charge in [0.1, 0.15) is 6.61 Å². The molecule has 0 aromatic heterocycles. The Morgan fingerprint density at radius 2 is 1.46 bits per heavy atom. The van der Waals surface area contributed by atoms with Crippen LogP contribution in [0.4, 0.5) is 52.7 Å². The summed E-state index contributed by atoms with van der Waals surface area (Å²) in [6.45, 7) is -0.0777. The van der Waals surface area contributed by atoms with Gasteiger partial charge in [0.05, 0.1) is 0 Å². The quantitative estimate of drug-likeness (QED) is 0.560. The molecular weight excluding hydrogens is 404 g/mol. The SMILES string of the molecule is [CH2]CC1C[CH]C(F)(OC(F)(F)F)C1(F)OCC(F)(F)C(F)(F)C(F)(F)F. The predicted molar refractivity (Wildman–Crippen MR) is 59.1 cm³/mol. The van der Waals surface area contributed by atoms with Crippen LogP contribution in [0.5, 0.6) is 0 Å². The van der Waals surface area contributed by atoms with Crippen LogP contribution in [0.15, 0.2) is 0 Å². The van der Waals surface area contributed by atoms with Gasteiger partial charge in [-0.3, -0.25) is 0 Å². The molecule has 26 heavy (non-hydrogen) atoms. The first-order chi connectivity index (χ1) is 11.3. The number of hydrogen-bond acceptors (Lipinski definition) is 2. The fraction of sp³-hybridized carbons (Fsp3) is 0.833. The molecule has 0 aromatic rings. The maximum Gasteiger partial charge on any atom is 0.525 e. The van der Waals surface area contributed by atoms with Crippen LogP contribution in [-0.2, 0) is 9.47 Å². The molecule has 1 aliphatic carbocycles. The molecule has 1 saturated carbocycles. The van der Waals surface area contributed by atoms with E-state index >= 15 is 0 Å². The molecule has 14 heteroatoms. The number of rotatable bonds is 6. The van der Waals surface area contributed by atoms with Crippen LogP contribution in [0.25, 0.3) is 0 Å². The molecule has 1 fully saturated rings. The molecule has 1 rings (SSSR count). The second kappa shape index (κ2) is 6.60. The first-order valence-corrected chi connectivity index (χ1v) is 6.57. The molecule has 0 saturated heterocycles. The van der Waals surface area contributed by atoms with Crippen molar-refractivity contribution in [1.82, 2.24) is 0 Å². The molecule has 1 aliphatic rings. The average Bonchev–Trinajstić information content (AvgIpc) is 2.65. The molecule has 0 bridgehead atoms. The highest BCUT2D eigenvalue weighted by Gasteiger charge is 2.75. The van der Waals surface area contributed by atoms with E-state index < -0.39 is 61.5 Å². The van der Waals surface area contributed by atoms with Gasteiger partial charge in [-0.15, -0.1) is 13.2 Å². The second-order valence-electron chi connectivity index (χ2n) is 5.33. The van der Waals surface area contributed by atoms with E-state index in [0.29, 0.717) is 0 Å². The van der Waals surface area contributed by atoms with E-state index in [0.717, 1.165) is 0 Å². The van der Waals surface area contributed by atoms with Gasteiger partial charge < -0.3 is 4.74 Å². The van der Waals surface area contributed by atoms with E-state index in [1.807, 2.05) is 0 Å². The molecule has 2 nitrogen and oxygen atoms in total. The van der Waals surface area contributed by atoms with E-state index in [9.17, 15) is 52.7 Å². The van der Waals surface area contributed by atoms with Crippen LogP contribution in [0.1, 0.15) is 12.8 Å². The second-order valence-corrected chi connectivity index (χ2v) is 5.33. The zero-order valence-corrected chi connectivity index (χ0v) is 12.3. The number of alkyl halides is 12. The van der Waals surface area contributed by atoms with Gasteiger partial charge in [0.2, 0.25) is 0 Å². The minimum atomic E-state index is -6.79. The molecule has 3 atom stereocenters. The monoisotopic (exact) mass is 414 g/mol. The van der Waals surface area contributed by atoms with E-state index in [4.69, 9.17) is 0 Å². The topological polar surface area (TPSA) is 18.5 Å². The molecule has 0 amide bonds. The Balaban J connectivity index is 3.13. The fourth-order valence-electron chi connectivity index (χ4n) is 2.16. The molecule has 0 aromatic carbocycles. The van der Waals surface area contributed by atoms with Crippen LogP contribution in [-0.4, -0.2) is 42.7 Å². The Hall–Kier alpha value is -0.920. The van der Waals surface area contributed by atoms with Gasteiger partial charge in [-0.1, -0.05) is 6.92 Å². The maximum atomic E-state index is 14.6. The van der Waals surface area contributed by atoms with Crippen LogP contribution in [0, 0.1) is 19.3 Å². The van der Waals surface area contributed by atoms with Gasteiger partial charge in [0.15, 0.2) is 0 Å². The lowest BCUT2D eigenvalue weighted by Gasteiger charge is -2.38. The Morgan fingerprint density at radius 3 is 1.85 bits per heavy atom. The molecule has 3 unspecified atom stereocenters. The summed E-state index contributed by atoms with van der Waals surface area (Å²) >= 11 is 0. The third-order valence-electron chi connectivity index (χ3n) is 3.55. The highest BCUT2D eigenvalue weighted by Crippen LogP contribution is 2.54. The Kier molecular flexibility index (Phi) is 5.87. The van der Waals surface area contributed by atoms with E-state index in [1.54, 1.807) is 0 Å². The highest BCUT2D eigenvalue weighted by molar-refractivity contribution is 5.10. The third kappa shape index (κ3) is 3.99. The van der Waals surface area contributed by atoms with Crippen molar-refractivity contribution >= 4 is 0 Å². The van der Waals surface area contributed by atoms with E-state index in [-0.39, 0.29) is 6.42 Å². The van der Waals surface area contributed by atoms with Gasteiger partial charge >= 0.3 is 24.4 Å². The van der Waals surface area contributed by atoms with E-state index in [1.165, 1.54) is 0 Å². The number of halogens is 12. The average molecular weight is 414 g/mol. The molecule has 2 radical (unpaired) electrons. The largest absolute Gasteiger partial charge is 0.525 e. The molecule has 0 N–H and O–H groups in total. The number of hydrogen-bond donors (Lipinski definition) is 0. The van der Waals surface area contributed by atoms with Gasteiger partial charge in [-0.25, -0.2) is 13.5 Å². The van der Waals surface area contributed by atoms with Crippen molar-refractivity contribution in [2.75, 3.05) is 6.61 Å².